The molecule has 5 nitrogen and oxygen atoms in total. The number of ether oxygens (including phenoxy) is 1. The third-order valence-corrected chi connectivity index (χ3v) is 4.53. The molecular formula is C16H25N3O2. The number of nitrogens with zero attached hydrogens (tertiary/aromatic N) is 3. The molecule has 2 atom stereocenters. The Morgan fingerprint density at radius 2 is 2.29 bits per heavy atom. The molecule has 116 valence electrons. The van der Waals surface area contributed by atoms with Crippen LogP contribution >= 0.6 is 0 Å². The first kappa shape index (κ1) is 14.6. The van der Waals surface area contributed by atoms with Crippen molar-refractivity contribution in [3.05, 3.63) is 18.0 Å². The molecule has 0 saturated carbocycles. The van der Waals surface area contributed by atoms with Gasteiger partial charge < -0.3 is 9.64 Å². The molecule has 0 aromatic carbocycles. The van der Waals surface area contributed by atoms with Crippen LogP contribution in [0, 0.1) is 6.92 Å². The number of rotatable bonds is 4. The van der Waals surface area contributed by atoms with Crippen LogP contribution in [0.3, 0.4) is 0 Å². The Bertz CT molecular complexity index is 480. The van der Waals surface area contributed by atoms with Gasteiger partial charge >= 0.3 is 0 Å². The molecule has 2 saturated heterocycles. The summed E-state index contributed by atoms with van der Waals surface area (Å²) >= 11 is 0. The Morgan fingerprint density at radius 1 is 1.38 bits per heavy atom. The lowest BCUT2D eigenvalue weighted by Gasteiger charge is -2.36. The van der Waals surface area contributed by atoms with Gasteiger partial charge in [-0.1, -0.05) is 0 Å². The predicted molar refractivity (Wildman–Crippen MR) is 79.9 cm³/mol. The molecule has 1 aromatic rings. The summed E-state index contributed by atoms with van der Waals surface area (Å²) in [5, 5.41) is 4.36. The number of aromatic nitrogens is 2. The highest BCUT2D eigenvalue weighted by molar-refractivity contribution is 5.77. The molecule has 3 heterocycles. The predicted octanol–water partition coefficient (Wildman–Crippen LogP) is 2.14. The molecule has 2 fully saturated rings. The lowest BCUT2D eigenvalue weighted by Crippen LogP contribution is -2.46. The zero-order valence-corrected chi connectivity index (χ0v) is 12.8. The summed E-state index contributed by atoms with van der Waals surface area (Å²) in [5.74, 6) is 0.260. The van der Waals surface area contributed by atoms with Crippen molar-refractivity contribution >= 4 is 5.91 Å². The molecule has 0 bridgehead atoms. The van der Waals surface area contributed by atoms with Gasteiger partial charge in [-0.2, -0.15) is 5.10 Å². The molecule has 5 heteroatoms. The van der Waals surface area contributed by atoms with Crippen molar-refractivity contribution in [3.8, 4) is 0 Å². The highest BCUT2D eigenvalue weighted by Gasteiger charge is 2.29. The molecule has 1 amide bonds. The largest absolute Gasteiger partial charge is 0.378 e. The van der Waals surface area contributed by atoms with Gasteiger partial charge in [0.25, 0.3) is 0 Å². The van der Waals surface area contributed by atoms with Crippen molar-refractivity contribution in [1.82, 2.24) is 14.7 Å². The Labute approximate surface area is 126 Å². The van der Waals surface area contributed by atoms with Gasteiger partial charge in [0.1, 0.15) is 0 Å². The van der Waals surface area contributed by atoms with Crippen molar-refractivity contribution in [2.75, 3.05) is 13.2 Å². The van der Waals surface area contributed by atoms with E-state index in [1.54, 1.807) is 0 Å². The first-order chi connectivity index (χ1) is 10.2. The van der Waals surface area contributed by atoms with Gasteiger partial charge in [-0.15, -0.1) is 0 Å². The van der Waals surface area contributed by atoms with Crippen LogP contribution in [0.5, 0.6) is 0 Å². The van der Waals surface area contributed by atoms with E-state index in [4.69, 9.17) is 4.74 Å². The van der Waals surface area contributed by atoms with E-state index in [0.717, 1.165) is 45.4 Å². The maximum absolute atomic E-state index is 12.6. The topological polar surface area (TPSA) is 47.4 Å². The monoisotopic (exact) mass is 291 g/mol. The van der Waals surface area contributed by atoms with Crippen LogP contribution in [-0.4, -0.2) is 45.9 Å². The molecule has 2 aliphatic heterocycles. The van der Waals surface area contributed by atoms with E-state index >= 15 is 0 Å². The summed E-state index contributed by atoms with van der Waals surface area (Å²) in [6, 6.07) is 0.284. The number of likely N-dealkylation sites (tertiary alicyclic amines) is 1. The number of amides is 1. The van der Waals surface area contributed by atoms with Crippen LogP contribution < -0.4 is 0 Å². The van der Waals surface area contributed by atoms with Crippen molar-refractivity contribution in [3.63, 3.8) is 0 Å². The summed E-state index contributed by atoms with van der Waals surface area (Å²) in [5.41, 5.74) is 1.17. The SMILES string of the molecule is Cc1cnn(C[C@@H]2CCCCN2C(=O)C[C@@H]2CCCO2)c1. The average Bonchev–Trinajstić information content (AvgIpc) is 3.11. The Hall–Kier alpha value is -1.36. The molecule has 2 aliphatic rings. The highest BCUT2D eigenvalue weighted by Crippen LogP contribution is 2.22. The second-order valence-corrected chi connectivity index (χ2v) is 6.32. The quantitative estimate of drug-likeness (QED) is 0.854. The second-order valence-electron chi connectivity index (χ2n) is 6.32. The Kier molecular flexibility index (Phi) is 4.58. The first-order valence-corrected chi connectivity index (χ1v) is 8.12. The van der Waals surface area contributed by atoms with Gasteiger partial charge in [0.05, 0.1) is 31.3 Å². The molecule has 0 radical (unpaired) electrons. The molecule has 0 unspecified atom stereocenters. The fourth-order valence-corrected chi connectivity index (χ4v) is 3.42. The van der Waals surface area contributed by atoms with Crippen molar-refractivity contribution in [2.45, 2.75) is 64.1 Å². The summed E-state index contributed by atoms with van der Waals surface area (Å²) in [4.78, 5) is 14.6. The van der Waals surface area contributed by atoms with Crippen LogP contribution in [0.1, 0.15) is 44.1 Å². The standard InChI is InChI=1S/C16H25N3O2/c1-13-10-17-18(11-13)12-14-5-2-3-7-19(14)16(20)9-15-6-4-8-21-15/h10-11,14-15H,2-9,12H2,1H3/t14-,15-/m0/s1. The van der Waals surface area contributed by atoms with Gasteiger partial charge in [0, 0.05) is 19.3 Å². The van der Waals surface area contributed by atoms with Crippen LogP contribution in [0.25, 0.3) is 0 Å². The fourth-order valence-electron chi connectivity index (χ4n) is 3.42. The molecule has 0 aliphatic carbocycles. The van der Waals surface area contributed by atoms with Crippen LogP contribution in [0.15, 0.2) is 12.4 Å². The molecule has 1 aromatic heterocycles. The van der Waals surface area contributed by atoms with E-state index in [2.05, 4.69) is 16.2 Å². The number of hydrogen-bond donors (Lipinski definition) is 0. The molecule has 21 heavy (non-hydrogen) atoms. The Morgan fingerprint density at radius 3 is 3.00 bits per heavy atom. The van der Waals surface area contributed by atoms with E-state index in [0.29, 0.717) is 6.42 Å². The minimum atomic E-state index is 0.145. The van der Waals surface area contributed by atoms with E-state index in [1.807, 2.05) is 17.8 Å². The molecule has 0 N–H and O–H groups in total. The summed E-state index contributed by atoms with van der Waals surface area (Å²) in [7, 11) is 0. The molecule has 3 rings (SSSR count). The third-order valence-electron chi connectivity index (χ3n) is 4.53. The third kappa shape index (κ3) is 3.64. The van der Waals surface area contributed by atoms with E-state index in [9.17, 15) is 4.79 Å². The summed E-state index contributed by atoms with van der Waals surface area (Å²) < 4.78 is 7.58. The zero-order valence-electron chi connectivity index (χ0n) is 12.8. The lowest BCUT2D eigenvalue weighted by atomic mass is 10.0. The number of piperidine rings is 1. The Balaban J connectivity index is 1.61. The van der Waals surface area contributed by atoms with Crippen LogP contribution in [0.4, 0.5) is 0 Å². The highest BCUT2D eigenvalue weighted by atomic mass is 16.5. The van der Waals surface area contributed by atoms with E-state index in [1.165, 1.54) is 12.0 Å². The normalized spacial score (nSPS) is 26.2. The van der Waals surface area contributed by atoms with Crippen LogP contribution in [0.2, 0.25) is 0 Å². The molecular weight excluding hydrogens is 266 g/mol. The number of carbonyl (C=O) groups excluding carboxylic acids is 1. The van der Waals surface area contributed by atoms with Gasteiger partial charge in [-0.25, -0.2) is 0 Å². The number of hydrogen-bond acceptors (Lipinski definition) is 3. The zero-order chi connectivity index (χ0) is 14.7. The summed E-state index contributed by atoms with van der Waals surface area (Å²) in [6.45, 7) is 4.56. The minimum absolute atomic E-state index is 0.145. The average molecular weight is 291 g/mol. The fraction of sp³-hybridized carbons (Fsp3) is 0.750. The smallest absolute Gasteiger partial charge is 0.225 e. The first-order valence-electron chi connectivity index (χ1n) is 8.12. The lowest BCUT2D eigenvalue weighted by molar-refractivity contribution is -0.137. The van der Waals surface area contributed by atoms with Crippen molar-refractivity contribution in [2.24, 2.45) is 0 Å². The van der Waals surface area contributed by atoms with Gasteiger partial charge in [-0.3, -0.25) is 9.48 Å². The molecule has 0 spiro atoms. The van der Waals surface area contributed by atoms with Gasteiger partial charge in [-0.05, 0) is 44.6 Å². The van der Waals surface area contributed by atoms with Crippen molar-refractivity contribution < 1.29 is 9.53 Å². The van der Waals surface area contributed by atoms with E-state index < -0.39 is 0 Å². The maximum atomic E-state index is 12.6. The second kappa shape index (κ2) is 6.60. The van der Waals surface area contributed by atoms with Crippen LogP contribution in [-0.2, 0) is 16.1 Å². The van der Waals surface area contributed by atoms with Gasteiger partial charge in [0.2, 0.25) is 5.91 Å². The summed E-state index contributed by atoms with van der Waals surface area (Å²) in [6.07, 6.45) is 10.1. The number of aryl methyl sites for hydroxylation is 1. The van der Waals surface area contributed by atoms with Gasteiger partial charge in [0.15, 0.2) is 0 Å². The van der Waals surface area contributed by atoms with Crippen molar-refractivity contribution in [1.29, 1.82) is 0 Å². The number of carbonyl (C=O) groups is 1. The van der Waals surface area contributed by atoms with E-state index in [-0.39, 0.29) is 18.1 Å². The maximum Gasteiger partial charge on any atom is 0.225 e. The minimum Gasteiger partial charge on any atom is -0.378 e.